The van der Waals surface area contributed by atoms with Gasteiger partial charge in [0.05, 0.1) is 11.7 Å². The second kappa shape index (κ2) is 6.89. The van der Waals surface area contributed by atoms with E-state index in [1.807, 2.05) is 70.3 Å². The van der Waals surface area contributed by atoms with Gasteiger partial charge in [-0.2, -0.15) is 5.10 Å². The van der Waals surface area contributed by atoms with E-state index in [2.05, 4.69) is 10.1 Å². The quantitative estimate of drug-likeness (QED) is 0.731. The van der Waals surface area contributed by atoms with Gasteiger partial charge < -0.3 is 4.90 Å². The summed E-state index contributed by atoms with van der Waals surface area (Å²) in [4.78, 5) is 18.6. The van der Waals surface area contributed by atoms with Crippen LogP contribution in [0.3, 0.4) is 0 Å². The summed E-state index contributed by atoms with van der Waals surface area (Å²) in [6.07, 6.45) is 3.17. The molecule has 0 N–H and O–H groups in total. The molecular formula is C20H22N4O. The zero-order valence-electron chi connectivity index (χ0n) is 15.0. The molecule has 128 valence electrons. The number of aryl methyl sites for hydroxylation is 2. The van der Waals surface area contributed by atoms with Gasteiger partial charge in [0.25, 0.3) is 5.91 Å². The predicted octanol–water partition coefficient (Wildman–Crippen LogP) is 3.72. The molecule has 0 fully saturated rings. The lowest BCUT2D eigenvalue weighted by atomic mass is 10.0. The predicted molar refractivity (Wildman–Crippen MR) is 97.8 cm³/mol. The van der Waals surface area contributed by atoms with Crippen molar-refractivity contribution in [3.8, 4) is 5.69 Å². The summed E-state index contributed by atoms with van der Waals surface area (Å²) in [6, 6.07) is 13.9. The lowest BCUT2D eigenvalue weighted by Crippen LogP contribution is -2.30. The fraction of sp³-hybridized carbons (Fsp3) is 0.250. The van der Waals surface area contributed by atoms with E-state index >= 15 is 0 Å². The molecule has 0 aliphatic carbocycles. The molecule has 1 atom stereocenters. The highest BCUT2D eigenvalue weighted by Gasteiger charge is 2.20. The van der Waals surface area contributed by atoms with Gasteiger partial charge >= 0.3 is 0 Å². The fourth-order valence-electron chi connectivity index (χ4n) is 2.89. The van der Waals surface area contributed by atoms with Crippen LogP contribution in [0.5, 0.6) is 0 Å². The number of aromatic nitrogens is 3. The Labute approximate surface area is 147 Å². The third-order valence-electron chi connectivity index (χ3n) is 4.57. The number of amides is 1. The molecular weight excluding hydrogens is 312 g/mol. The van der Waals surface area contributed by atoms with Gasteiger partial charge in [0.15, 0.2) is 0 Å². The van der Waals surface area contributed by atoms with Crippen molar-refractivity contribution >= 4 is 5.91 Å². The number of nitrogens with zero attached hydrogens (tertiary/aromatic N) is 4. The lowest BCUT2D eigenvalue weighted by molar-refractivity contribution is 0.0742. The molecule has 25 heavy (non-hydrogen) atoms. The number of rotatable bonds is 4. The molecule has 3 aromatic rings. The minimum atomic E-state index is -0.0296. The van der Waals surface area contributed by atoms with E-state index in [0.717, 1.165) is 27.9 Å². The Morgan fingerprint density at radius 2 is 1.84 bits per heavy atom. The Morgan fingerprint density at radius 1 is 1.12 bits per heavy atom. The van der Waals surface area contributed by atoms with E-state index in [1.54, 1.807) is 15.9 Å². The molecule has 0 radical (unpaired) electrons. The average molecular weight is 334 g/mol. The normalized spacial score (nSPS) is 12.0. The minimum absolute atomic E-state index is 0.0296. The van der Waals surface area contributed by atoms with Crippen molar-refractivity contribution < 1.29 is 4.79 Å². The standard InChI is InChI=1S/C20H22N4O/c1-14-5-10-19(15(2)11-14)20(25)23(4)16(3)17-6-8-18(9-7-17)24-13-21-12-22-24/h5-13,16H,1-4H3. The van der Waals surface area contributed by atoms with Gasteiger partial charge in [-0.25, -0.2) is 9.67 Å². The Morgan fingerprint density at radius 3 is 2.44 bits per heavy atom. The van der Waals surface area contributed by atoms with Crippen molar-refractivity contribution in [2.24, 2.45) is 0 Å². The average Bonchev–Trinajstić information content (AvgIpc) is 3.15. The van der Waals surface area contributed by atoms with Gasteiger partial charge in [0, 0.05) is 12.6 Å². The number of hydrogen-bond donors (Lipinski definition) is 0. The highest BCUT2D eigenvalue weighted by molar-refractivity contribution is 5.95. The van der Waals surface area contributed by atoms with E-state index < -0.39 is 0 Å². The van der Waals surface area contributed by atoms with Crippen molar-refractivity contribution in [1.82, 2.24) is 19.7 Å². The van der Waals surface area contributed by atoms with Gasteiger partial charge in [0.2, 0.25) is 0 Å². The maximum Gasteiger partial charge on any atom is 0.254 e. The SMILES string of the molecule is Cc1ccc(C(=O)N(C)C(C)c2ccc(-n3cncn3)cc2)c(C)c1. The second-order valence-corrected chi connectivity index (χ2v) is 6.34. The lowest BCUT2D eigenvalue weighted by Gasteiger charge is -2.26. The summed E-state index contributed by atoms with van der Waals surface area (Å²) in [5.74, 6) is 0.0327. The molecule has 1 heterocycles. The van der Waals surface area contributed by atoms with E-state index in [1.165, 1.54) is 6.33 Å². The largest absolute Gasteiger partial charge is 0.335 e. The number of carbonyl (C=O) groups excluding carboxylic acids is 1. The molecule has 3 rings (SSSR count). The van der Waals surface area contributed by atoms with Crippen LogP contribution in [-0.2, 0) is 0 Å². The molecule has 0 saturated heterocycles. The van der Waals surface area contributed by atoms with Crippen LogP contribution in [0.4, 0.5) is 0 Å². The first-order chi connectivity index (χ1) is 12.0. The van der Waals surface area contributed by atoms with E-state index in [4.69, 9.17) is 0 Å². The molecule has 5 nitrogen and oxygen atoms in total. The fourth-order valence-corrected chi connectivity index (χ4v) is 2.89. The van der Waals surface area contributed by atoms with Gasteiger partial charge in [-0.1, -0.05) is 29.8 Å². The highest BCUT2D eigenvalue weighted by atomic mass is 16.2. The zero-order chi connectivity index (χ0) is 18.0. The Balaban J connectivity index is 1.79. The van der Waals surface area contributed by atoms with Crippen LogP contribution in [0.2, 0.25) is 0 Å². The van der Waals surface area contributed by atoms with E-state index in [0.29, 0.717) is 0 Å². The Bertz CT molecular complexity index is 869. The van der Waals surface area contributed by atoms with E-state index in [9.17, 15) is 4.79 Å². The summed E-state index contributed by atoms with van der Waals surface area (Å²) >= 11 is 0. The summed E-state index contributed by atoms with van der Waals surface area (Å²) in [7, 11) is 1.84. The minimum Gasteiger partial charge on any atom is -0.335 e. The van der Waals surface area contributed by atoms with Crippen LogP contribution in [0, 0.1) is 13.8 Å². The molecule has 2 aromatic carbocycles. The van der Waals surface area contributed by atoms with Gasteiger partial charge in [-0.05, 0) is 50.1 Å². The Hall–Kier alpha value is -2.95. The first kappa shape index (κ1) is 16.9. The molecule has 0 aliphatic heterocycles. The topological polar surface area (TPSA) is 51.0 Å². The third kappa shape index (κ3) is 3.45. The first-order valence-corrected chi connectivity index (χ1v) is 8.26. The van der Waals surface area contributed by atoms with Crippen LogP contribution in [-0.4, -0.2) is 32.6 Å². The van der Waals surface area contributed by atoms with Crippen molar-refractivity contribution in [2.45, 2.75) is 26.8 Å². The smallest absolute Gasteiger partial charge is 0.254 e. The van der Waals surface area contributed by atoms with Gasteiger partial charge in [-0.15, -0.1) is 0 Å². The van der Waals surface area contributed by atoms with Crippen LogP contribution >= 0.6 is 0 Å². The maximum absolute atomic E-state index is 12.8. The molecule has 1 aromatic heterocycles. The van der Waals surface area contributed by atoms with Crippen LogP contribution in [0.15, 0.2) is 55.1 Å². The van der Waals surface area contributed by atoms with Crippen LogP contribution in [0.25, 0.3) is 5.69 Å². The van der Waals surface area contributed by atoms with E-state index in [-0.39, 0.29) is 11.9 Å². The summed E-state index contributed by atoms with van der Waals surface area (Å²) < 4.78 is 1.71. The van der Waals surface area contributed by atoms with Crippen LogP contribution in [0.1, 0.15) is 40.0 Å². The monoisotopic (exact) mass is 334 g/mol. The molecule has 1 unspecified atom stereocenters. The van der Waals surface area contributed by atoms with Crippen molar-refractivity contribution in [3.05, 3.63) is 77.4 Å². The number of hydrogen-bond acceptors (Lipinski definition) is 3. The number of carbonyl (C=O) groups is 1. The third-order valence-corrected chi connectivity index (χ3v) is 4.57. The van der Waals surface area contributed by atoms with Gasteiger partial charge in [-0.3, -0.25) is 4.79 Å². The van der Waals surface area contributed by atoms with Crippen LogP contribution < -0.4 is 0 Å². The molecule has 0 aliphatic rings. The summed E-state index contributed by atoms with van der Waals surface area (Å²) in [5, 5.41) is 4.12. The second-order valence-electron chi connectivity index (χ2n) is 6.34. The molecule has 0 saturated carbocycles. The molecule has 0 spiro atoms. The van der Waals surface area contributed by atoms with Crippen molar-refractivity contribution in [1.29, 1.82) is 0 Å². The molecule has 5 heteroatoms. The molecule has 1 amide bonds. The zero-order valence-corrected chi connectivity index (χ0v) is 15.0. The molecule has 0 bridgehead atoms. The van der Waals surface area contributed by atoms with Crippen molar-refractivity contribution in [2.75, 3.05) is 7.05 Å². The number of benzene rings is 2. The highest BCUT2D eigenvalue weighted by Crippen LogP contribution is 2.23. The van der Waals surface area contributed by atoms with Crippen molar-refractivity contribution in [3.63, 3.8) is 0 Å². The van der Waals surface area contributed by atoms with Gasteiger partial charge in [0.1, 0.15) is 12.7 Å². The first-order valence-electron chi connectivity index (χ1n) is 8.26. The Kier molecular flexibility index (Phi) is 4.65. The summed E-state index contributed by atoms with van der Waals surface area (Å²) in [5.41, 5.74) is 4.93. The summed E-state index contributed by atoms with van der Waals surface area (Å²) in [6.45, 7) is 6.04. The maximum atomic E-state index is 12.8.